The number of nitriles is 1. The number of benzene rings is 1. The van der Waals surface area contributed by atoms with Gasteiger partial charge < -0.3 is 10.1 Å². The molecule has 0 amide bonds. The Hall–Kier alpha value is -2.69. The number of ether oxygens (including phenoxy) is 1. The molecule has 0 fully saturated rings. The molecule has 0 saturated heterocycles. The van der Waals surface area contributed by atoms with Gasteiger partial charge in [-0.15, -0.1) is 0 Å². The third-order valence-electron chi connectivity index (χ3n) is 2.86. The molecule has 2 rings (SSSR count). The molecule has 22 heavy (non-hydrogen) atoms. The van der Waals surface area contributed by atoms with Gasteiger partial charge in [0.1, 0.15) is 18.4 Å². The Morgan fingerprint density at radius 3 is 2.82 bits per heavy atom. The fraction of sp³-hybridized carbons (Fsp3) is 0.286. The number of halogens is 3. The smallest absolute Gasteiger partial charge is 0.408 e. The number of hydrogen-bond donors (Lipinski definition) is 1. The number of rotatable bonds is 5. The zero-order chi connectivity index (χ0) is 16.2. The number of methoxy groups -OCH3 is 1. The van der Waals surface area contributed by atoms with E-state index in [1.54, 1.807) is 18.2 Å². The normalized spacial score (nSPS) is 11.0. The highest BCUT2D eigenvalue weighted by Gasteiger charge is 2.28. The molecule has 0 spiro atoms. The first-order chi connectivity index (χ1) is 10.4. The predicted octanol–water partition coefficient (Wildman–Crippen LogP) is 2.94. The predicted molar refractivity (Wildman–Crippen MR) is 73.3 cm³/mol. The molecule has 2 aromatic rings. The van der Waals surface area contributed by atoms with Crippen molar-refractivity contribution in [2.45, 2.75) is 19.3 Å². The van der Waals surface area contributed by atoms with Crippen LogP contribution >= 0.6 is 0 Å². The average molecular weight is 310 g/mol. The van der Waals surface area contributed by atoms with E-state index in [2.05, 4.69) is 10.4 Å². The van der Waals surface area contributed by atoms with Crippen LogP contribution in [0.15, 0.2) is 30.6 Å². The number of hydrogen-bond acceptors (Lipinski definition) is 4. The van der Waals surface area contributed by atoms with Crippen LogP contribution in [0.25, 0.3) is 0 Å². The van der Waals surface area contributed by atoms with Crippen molar-refractivity contribution in [3.63, 3.8) is 0 Å². The standard InChI is InChI=1S/C14H13F3N4O/c1-22-13-3-2-10(4-11(13)5-18)6-19-12-7-20-21(8-12)9-14(15,16)17/h2-4,7-8,19H,6,9H2,1H3. The van der Waals surface area contributed by atoms with Gasteiger partial charge in [-0.2, -0.15) is 23.5 Å². The van der Waals surface area contributed by atoms with E-state index in [1.165, 1.54) is 19.5 Å². The minimum atomic E-state index is -4.30. The maximum atomic E-state index is 12.2. The monoisotopic (exact) mass is 310 g/mol. The molecule has 1 N–H and O–H groups in total. The molecule has 0 aliphatic carbocycles. The Labute approximate surface area is 124 Å². The van der Waals surface area contributed by atoms with E-state index in [9.17, 15) is 13.2 Å². The molecular weight excluding hydrogens is 297 g/mol. The molecule has 0 atom stereocenters. The summed E-state index contributed by atoms with van der Waals surface area (Å²) in [4.78, 5) is 0. The van der Waals surface area contributed by atoms with Crippen molar-refractivity contribution in [1.29, 1.82) is 5.26 Å². The van der Waals surface area contributed by atoms with Gasteiger partial charge in [-0.3, -0.25) is 4.68 Å². The third kappa shape index (κ3) is 4.15. The van der Waals surface area contributed by atoms with Crippen molar-refractivity contribution < 1.29 is 17.9 Å². The molecule has 0 aliphatic heterocycles. The molecule has 1 aromatic heterocycles. The summed E-state index contributed by atoms with van der Waals surface area (Å²) >= 11 is 0. The van der Waals surface area contributed by atoms with E-state index in [-0.39, 0.29) is 0 Å². The maximum Gasteiger partial charge on any atom is 0.408 e. The van der Waals surface area contributed by atoms with E-state index in [0.717, 1.165) is 10.2 Å². The van der Waals surface area contributed by atoms with Crippen molar-refractivity contribution in [1.82, 2.24) is 9.78 Å². The summed E-state index contributed by atoms with van der Waals surface area (Å²) in [5, 5.41) is 15.6. The summed E-state index contributed by atoms with van der Waals surface area (Å²) in [5.41, 5.74) is 1.68. The molecule has 0 unspecified atom stereocenters. The molecule has 0 radical (unpaired) electrons. The minimum absolute atomic E-state index is 0.358. The summed E-state index contributed by atoms with van der Waals surface area (Å²) in [7, 11) is 1.48. The highest BCUT2D eigenvalue weighted by atomic mass is 19.4. The quantitative estimate of drug-likeness (QED) is 0.922. The summed E-state index contributed by atoms with van der Waals surface area (Å²) in [6.07, 6.45) is -1.70. The number of nitrogens with zero attached hydrogens (tertiary/aromatic N) is 3. The molecule has 116 valence electrons. The highest BCUT2D eigenvalue weighted by molar-refractivity contribution is 5.47. The van der Waals surface area contributed by atoms with Crippen molar-refractivity contribution in [2.75, 3.05) is 12.4 Å². The van der Waals surface area contributed by atoms with E-state index < -0.39 is 12.7 Å². The molecule has 0 aliphatic rings. The summed E-state index contributed by atoms with van der Waals surface area (Å²) in [6, 6.07) is 7.12. The topological polar surface area (TPSA) is 62.9 Å². The zero-order valence-electron chi connectivity index (χ0n) is 11.7. The van der Waals surface area contributed by atoms with Gasteiger partial charge in [0.05, 0.1) is 24.6 Å². The van der Waals surface area contributed by atoms with Crippen LogP contribution < -0.4 is 10.1 Å². The first-order valence-corrected chi connectivity index (χ1v) is 6.31. The molecule has 1 heterocycles. The van der Waals surface area contributed by atoms with E-state index in [4.69, 9.17) is 10.00 Å². The van der Waals surface area contributed by atoms with Gasteiger partial charge in [0.15, 0.2) is 0 Å². The van der Waals surface area contributed by atoms with Gasteiger partial charge in [-0.25, -0.2) is 0 Å². The lowest BCUT2D eigenvalue weighted by Crippen LogP contribution is -2.17. The van der Waals surface area contributed by atoms with Crippen LogP contribution in [-0.2, 0) is 13.1 Å². The fourth-order valence-corrected chi connectivity index (χ4v) is 1.88. The van der Waals surface area contributed by atoms with Crippen LogP contribution in [-0.4, -0.2) is 23.1 Å². The SMILES string of the molecule is COc1ccc(CNc2cnn(CC(F)(F)F)c2)cc1C#N. The first kappa shape index (κ1) is 15.7. The van der Waals surface area contributed by atoms with Crippen LogP contribution in [0.4, 0.5) is 18.9 Å². The van der Waals surface area contributed by atoms with Crippen LogP contribution in [0, 0.1) is 11.3 Å². The van der Waals surface area contributed by atoms with Gasteiger partial charge in [-0.05, 0) is 17.7 Å². The summed E-state index contributed by atoms with van der Waals surface area (Å²) in [5.74, 6) is 0.476. The van der Waals surface area contributed by atoms with E-state index >= 15 is 0 Å². The third-order valence-corrected chi connectivity index (χ3v) is 2.86. The van der Waals surface area contributed by atoms with E-state index in [1.807, 2.05) is 6.07 Å². The second-order valence-corrected chi connectivity index (χ2v) is 4.54. The molecule has 0 saturated carbocycles. The van der Waals surface area contributed by atoms with E-state index in [0.29, 0.717) is 23.5 Å². The minimum Gasteiger partial charge on any atom is -0.495 e. The highest BCUT2D eigenvalue weighted by Crippen LogP contribution is 2.20. The molecule has 1 aromatic carbocycles. The summed E-state index contributed by atoms with van der Waals surface area (Å²) in [6.45, 7) is -0.772. The Bertz CT molecular complexity index is 688. The fourth-order valence-electron chi connectivity index (χ4n) is 1.88. The van der Waals surface area contributed by atoms with Crippen molar-refractivity contribution in [3.05, 3.63) is 41.7 Å². The van der Waals surface area contributed by atoms with Crippen LogP contribution in [0.5, 0.6) is 5.75 Å². The second kappa shape index (κ2) is 6.39. The molecule has 5 nitrogen and oxygen atoms in total. The maximum absolute atomic E-state index is 12.2. The van der Waals surface area contributed by atoms with Gasteiger partial charge in [0.2, 0.25) is 0 Å². The Kier molecular flexibility index (Phi) is 4.56. The Balaban J connectivity index is 2.00. The molecule has 0 bridgehead atoms. The van der Waals surface area contributed by atoms with Gasteiger partial charge in [0.25, 0.3) is 0 Å². The van der Waals surface area contributed by atoms with Crippen molar-refractivity contribution >= 4 is 5.69 Å². The number of anilines is 1. The second-order valence-electron chi connectivity index (χ2n) is 4.54. The lowest BCUT2D eigenvalue weighted by Gasteiger charge is -2.07. The van der Waals surface area contributed by atoms with Gasteiger partial charge in [-0.1, -0.05) is 6.07 Å². The Morgan fingerprint density at radius 2 is 2.18 bits per heavy atom. The number of alkyl halides is 3. The van der Waals surface area contributed by atoms with Crippen molar-refractivity contribution in [3.8, 4) is 11.8 Å². The van der Waals surface area contributed by atoms with Crippen LogP contribution in [0.1, 0.15) is 11.1 Å². The van der Waals surface area contributed by atoms with Crippen LogP contribution in [0.3, 0.4) is 0 Å². The Morgan fingerprint density at radius 1 is 1.41 bits per heavy atom. The number of nitrogens with one attached hydrogen (secondary N) is 1. The lowest BCUT2D eigenvalue weighted by molar-refractivity contribution is -0.142. The van der Waals surface area contributed by atoms with Crippen LogP contribution in [0.2, 0.25) is 0 Å². The molecular formula is C14H13F3N4O. The first-order valence-electron chi connectivity index (χ1n) is 6.31. The largest absolute Gasteiger partial charge is 0.495 e. The lowest BCUT2D eigenvalue weighted by atomic mass is 10.1. The van der Waals surface area contributed by atoms with Gasteiger partial charge >= 0.3 is 6.18 Å². The summed E-state index contributed by atoms with van der Waals surface area (Å²) < 4.78 is 42.6. The number of aromatic nitrogens is 2. The van der Waals surface area contributed by atoms with Gasteiger partial charge in [0, 0.05) is 12.7 Å². The molecule has 8 heteroatoms. The van der Waals surface area contributed by atoms with Crippen molar-refractivity contribution in [2.24, 2.45) is 0 Å². The zero-order valence-corrected chi connectivity index (χ0v) is 11.7. The average Bonchev–Trinajstić information content (AvgIpc) is 2.90.